The van der Waals surface area contributed by atoms with Gasteiger partial charge in [0.2, 0.25) is 0 Å². The molecule has 0 saturated heterocycles. The molecule has 0 amide bonds. The van der Waals surface area contributed by atoms with Crippen LogP contribution in [0.3, 0.4) is 0 Å². The molecule has 0 aromatic heterocycles. The fourth-order valence-electron chi connectivity index (χ4n) is 2.80. The van der Waals surface area contributed by atoms with Crippen LogP contribution in [0, 0.1) is 0 Å². The Labute approximate surface area is 148 Å². The Bertz CT molecular complexity index is 930. The van der Waals surface area contributed by atoms with Gasteiger partial charge in [-0.3, -0.25) is 9.71 Å². The summed E-state index contributed by atoms with van der Waals surface area (Å²) in [7, 11) is -2.06. The summed E-state index contributed by atoms with van der Waals surface area (Å²) in [5.41, 5.74) is 2.26. The Morgan fingerprint density at radius 3 is 2.28 bits per heavy atom. The van der Waals surface area contributed by atoms with Crippen molar-refractivity contribution >= 4 is 20.8 Å². The van der Waals surface area contributed by atoms with Crippen LogP contribution in [0.4, 0.5) is 0 Å². The standard InChI is InChI=1S/C19H20N2O3S/c1-13-18(16-9-11-17(24-3)12-10-16)25(22,23)21-19(13)20-14(2)15-7-5-4-6-8-15/h4-12,14H,1-3H3,(H,20,21)/t14-/m0/s1. The molecule has 1 heterocycles. The van der Waals surface area contributed by atoms with E-state index in [0.717, 1.165) is 5.56 Å². The summed E-state index contributed by atoms with van der Waals surface area (Å²) in [5, 5.41) is 0. The minimum absolute atomic E-state index is 0.149. The largest absolute Gasteiger partial charge is 0.497 e. The maximum absolute atomic E-state index is 12.6. The van der Waals surface area contributed by atoms with E-state index in [1.807, 2.05) is 37.3 Å². The second kappa shape index (κ2) is 6.72. The fraction of sp³-hybridized carbons (Fsp3) is 0.211. The number of ether oxygens (including phenoxy) is 1. The van der Waals surface area contributed by atoms with Crippen molar-refractivity contribution in [2.24, 2.45) is 4.99 Å². The molecule has 2 aromatic rings. The smallest absolute Gasteiger partial charge is 0.264 e. The highest BCUT2D eigenvalue weighted by Crippen LogP contribution is 2.31. The van der Waals surface area contributed by atoms with Gasteiger partial charge in [0.1, 0.15) is 16.5 Å². The number of sulfonamides is 1. The molecule has 1 aliphatic heterocycles. The van der Waals surface area contributed by atoms with Gasteiger partial charge < -0.3 is 4.74 Å². The zero-order valence-corrected chi connectivity index (χ0v) is 15.2. The molecule has 0 fully saturated rings. The zero-order chi connectivity index (χ0) is 18.0. The number of rotatable bonds is 4. The first-order chi connectivity index (χ1) is 11.9. The summed E-state index contributed by atoms with van der Waals surface area (Å²) >= 11 is 0. The maximum Gasteiger partial charge on any atom is 0.264 e. The van der Waals surface area contributed by atoms with Gasteiger partial charge in [-0.1, -0.05) is 30.3 Å². The van der Waals surface area contributed by atoms with Gasteiger partial charge in [-0.15, -0.1) is 0 Å². The number of nitrogens with zero attached hydrogens (tertiary/aromatic N) is 1. The molecule has 1 atom stereocenters. The van der Waals surface area contributed by atoms with Crippen molar-refractivity contribution in [1.82, 2.24) is 4.72 Å². The molecule has 2 aromatic carbocycles. The van der Waals surface area contributed by atoms with Gasteiger partial charge in [0.15, 0.2) is 0 Å². The molecule has 0 spiro atoms. The van der Waals surface area contributed by atoms with E-state index in [4.69, 9.17) is 4.74 Å². The van der Waals surface area contributed by atoms with Crippen molar-refractivity contribution in [3.05, 3.63) is 71.3 Å². The molecule has 3 rings (SSSR count). The Morgan fingerprint density at radius 1 is 1.04 bits per heavy atom. The summed E-state index contributed by atoms with van der Waals surface area (Å²) in [6, 6.07) is 16.6. The lowest BCUT2D eigenvalue weighted by molar-refractivity contribution is 0.415. The zero-order valence-electron chi connectivity index (χ0n) is 14.4. The molecule has 0 radical (unpaired) electrons. The van der Waals surface area contributed by atoms with Crippen LogP contribution in [0.1, 0.15) is 31.0 Å². The first-order valence-corrected chi connectivity index (χ1v) is 9.42. The van der Waals surface area contributed by atoms with E-state index in [1.165, 1.54) is 0 Å². The predicted molar refractivity (Wildman–Crippen MR) is 99.9 cm³/mol. The van der Waals surface area contributed by atoms with Crippen molar-refractivity contribution < 1.29 is 13.2 Å². The Balaban J connectivity index is 2.00. The predicted octanol–water partition coefficient (Wildman–Crippen LogP) is 3.52. The van der Waals surface area contributed by atoms with Gasteiger partial charge in [-0.25, -0.2) is 8.42 Å². The number of aliphatic imine (C=N–C) groups is 1. The van der Waals surface area contributed by atoms with Crippen LogP contribution in [-0.2, 0) is 10.0 Å². The molecule has 0 bridgehead atoms. The van der Waals surface area contributed by atoms with E-state index in [0.29, 0.717) is 22.7 Å². The lowest BCUT2D eigenvalue weighted by atomic mass is 10.1. The van der Waals surface area contributed by atoms with Crippen LogP contribution in [0.2, 0.25) is 0 Å². The summed E-state index contributed by atoms with van der Waals surface area (Å²) in [5.74, 6) is 1.07. The topological polar surface area (TPSA) is 67.8 Å². The molecule has 0 aliphatic carbocycles. The van der Waals surface area contributed by atoms with Crippen molar-refractivity contribution in [1.29, 1.82) is 0 Å². The second-order valence-corrected chi connectivity index (χ2v) is 7.47. The van der Waals surface area contributed by atoms with E-state index in [2.05, 4.69) is 9.71 Å². The van der Waals surface area contributed by atoms with Crippen LogP contribution in [0.25, 0.3) is 4.91 Å². The maximum atomic E-state index is 12.6. The Kier molecular flexibility index (Phi) is 4.63. The number of benzene rings is 2. The van der Waals surface area contributed by atoms with Crippen molar-refractivity contribution in [3.8, 4) is 5.75 Å². The lowest BCUT2D eigenvalue weighted by Gasteiger charge is -2.08. The number of methoxy groups -OCH3 is 1. The third kappa shape index (κ3) is 3.44. The molecule has 5 nitrogen and oxygen atoms in total. The SMILES string of the molecule is COc1ccc(C2=C(C)C(=N[C@@H](C)c3ccccc3)NS2(=O)=O)cc1. The number of amidine groups is 1. The molecule has 6 heteroatoms. The molecule has 130 valence electrons. The van der Waals surface area contributed by atoms with E-state index >= 15 is 0 Å². The van der Waals surface area contributed by atoms with Gasteiger partial charge in [0, 0.05) is 5.57 Å². The first-order valence-electron chi connectivity index (χ1n) is 7.93. The minimum atomic E-state index is -3.63. The monoisotopic (exact) mass is 356 g/mol. The van der Waals surface area contributed by atoms with Gasteiger partial charge in [0.25, 0.3) is 10.0 Å². The quantitative estimate of drug-likeness (QED) is 0.911. The highest BCUT2D eigenvalue weighted by molar-refractivity contribution is 8.00. The highest BCUT2D eigenvalue weighted by atomic mass is 32.2. The average Bonchev–Trinajstić information content (AvgIpc) is 2.84. The summed E-state index contributed by atoms with van der Waals surface area (Å²) < 4.78 is 32.9. The summed E-state index contributed by atoms with van der Waals surface area (Å²) in [6.45, 7) is 3.71. The van der Waals surface area contributed by atoms with Crippen LogP contribution < -0.4 is 9.46 Å². The molecular formula is C19H20N2O3S. The van der Waals surface area contributed by atoms with Gasteiger partial charge in [-0.2, -0.15) is 0 Å². The molecule has 0 unspecified atom stereocenters. The molecule has 0 saturated carbocycles. The van der Waals surface area contributed by atoms with Crippen LogP contribution >= 0.6 is 0 Å². The second-order valence-electron chi connectivity index (χ2n) is 5.85. The molecule has 1 aliphatic rings. The van der Waals surface area contributed by atoms with Crippen molar-refractivity contribution in [2.75, 3.05) is 7.11 Å². The third-order valence-electron chi connectivity index (χ3n) is 4.15. The van der Waals surface area contributed by atoms with Crippen LogP contribution in [-0.4, -0.2) is 21.4 Å². The lowest BCUT2D eigenvalue weighted by Crippen LogP contribution is -2.24. The Hall–Kier alpha value is -2.60. The van der Waals surface area contributed by atoms with E-state index in [1.54, 1.807) is 38.3 Å². The van der Waals surface area contributed by atoms with E-state index in [-0.39, 0.29) is 10.9 Å². The van der Waals surface area contributed by atoms with Crippen LogP contribution in [0.15, 0.2) is 65.2 Å². The molecule has 25 heavy (non-hydrogen) atoms. The summed E-state index contributed by atoms with van der Waals surface area (Å²) in [6.07, 6.45) is 0. The van der Waals surface area contributed by atoms with Crippen molar-refractivity contribution in [3.63, 3.8) is 0 Å². The molecular weight excluding hydrogens is 336 g/mol. The van der Waals surface area contributed by atoms with E-state index in [9.17, 15) is 8.42 Å². The third-order valence-corrected chi connectivity index (χ3v) is 5.69. The number of hydrogen-bond acceptors (Lipinski definition) is 4. The Morgan fingerprint density at radius 2 is 1.68 bits per heavy atom. The van der Waals surface area contributed by atoms with Gasteiger partial charge in [-0.05, 0) is 49.2 Å². The average molecular weight is 356 g/mol. The fourth-order valence-corrected chi connectivity index (χ4v) is 4.31. The summed E-state index contributed by atoms with van der Waals surface area (Å²) in [4.78, 5) is 4.83. The molecule has 1 N–H and O–H groups in total. The number of nitrogens with one attached hydrogen (secondary N) is 1. The number of hydrogen-bond donors (Lipinski definition) is 1. The van der Waals surface area contributed by atoms with Crippen molar-refractivity contribution in [2.45, 2.75) is 19.9 Å². The first kappa shape index (κ1) is 17.2. The van der Waals surface area contributed by atoms with Gasteiger partial charge in [0.05, 0.1) is 13.2 Å². The van der Waals surface area contributed by atoms with E-state index < -0.39 is 10.0 Å². The van der Waals surface area contributed by atoms with Crippen LogP contribution in [0.5, 0.6) is 5.75 Å². The van der Waals surface area contributed by atoms with Gasteiger partial charge >= 0.3 is 0 Å². The minimum Gasteiger partial charge on any atom is -0.497 e. The highest BCUT2D eigenvalue weighted by Gasteiger charge is 2.33. The normalized spacial score (nSPS) is 18.9.